The SMILES string of the molecule is CC(C)(Cn1c(=O)cc(Nc2ccc(Oc3nc(F)ccc3F)cc2)n(Cc2ccc(Cl)cc2)c1=O)C(=O)NS(C)(=O)=O. The fourth-order valence-electron chi connectivity index (χ4n) is 3.90. The van der Waals surface area contributed by atoms with Gasteiger partial charge in [-0.25, -0.2) is 17.6 Å². The number of aromatic nitrogens is 3. The fraction of sp³-hybridized carbons (Fsp3) is 0.214. The number of rotatable bonds is 10. The molecule has 0 aliphatic heterocycles. The van der Waals surface area contributed by atoms with Crippen molar-refractivity contribution < 1.29 is 26.7 Å². The number of pyridine rings is 1. The molecule has 15 heteroatoms. The van der Waals surface area contributed by atoms with Crippen molar-refractivity contribution in [2.24, 2.45) is 5.41 Å². The second kappa shape index (κ2) is 12.4. The van der Waals surface area contributed by atoms with Gasteiger partial charge in [0.15, 0.2) is 5.82 Å². The van der Waals surface area contributed by atoms with Gasteiger partial charge in [-0.3, -0.25) is 23.4 Å². The Hall–Kier alpha value is -4.56. The Morgan fingerprint density at radius 1 is 1.00 bits per heavy atom. The van der Waals surface area contributed by atoms with Crippen LogP contribution in [-0.2, 0) is 27.9 Å². The van der Waals surface area contributed by atoms with E-state index >= 15 is 0 Å². The molecule has 0 unspecified atom stereocenters. The van der Waals surface area contributed by atoms with E-state index in [0.29, 0.717) is 16.3 Å². The molecule has 0 aliphatic carbocycles. The van der Waals surface area contributed by atoms with Gasteiger partial charge in [0.25, 0.3) is 11.4 Å². The predicted molar refractivity (Wildman–Crippen MR) is 156 cm³/mol. The zero-order chi connectivity index (χ0) is 31.5. The molecule has 226 valence electrons. The predicted octanol–water partition coefficient (Wildman–Crippen LogP) is 4.02. The first kappa shape index (κ1) is 31.4. The quantitative estimate of drug-likeness (QED) is 0.250. The van der Waals surface area contributed by atoms with Crippen LogP contribution >= 0.6 is 11.6 Å². The molecule has 0 aliphatic rings. The molecule has 0 bridgehead atoms. The van der Waals surface area contributed by atoms with Crippen LogP contribution in [0.5, 0.6) is 11.6 Å². The third kappa shape index (κ3) is 8.05. The summed E-state index contributed by atoms with van der Waals surface area (Å²) in [7, 11) is -3.88. The summed E-state index contributed by atoms with van der Waals surface area (Å²) in [6.45, 7) is 2.40. The number of hydrogen-bond donors (Lipinski definition) is 2. The van der Waals surface area contributed by atoms with Crippen LogP contribution in [0.3, 0.4) is 0 Å². The van der Waals surface area contributed by atoms with Crippen LogP contribution in [0.4, 0.5) is 20.3 Å². The molecule has 2 N–H and O–H groups in total. The summed E-state index contributed by atoms with van der Waals surface area (Å²) in [5, 5.41) is 3.48. The molecule has 0 fully saturated rings. The highest BCUT2D eigenvalue weighted by molar-refractivity contribution is 7.89. The van der Waals surface area contributed by atoms with Crippen molar-refractivity contribution in [3.05, 3.63) is 110 Å². The third-order valence-electron chi connectivity index (χ3n) is 6.10. The van der Waals surface area contributed by atoms with E-state index in [2.05, 4.69) is 10.3 Å². The molecule has 11 nitrogen and oxygen atoms in total. The Balaban J connectivity index is 1.68. The van der Waals surface area contributed by atoms with Gasteiger partial charge in [0.1, 0.15) is 11.6 Å². The number of anilines is 2. The smallest absolute Gasteiger partial charge is 0.332 e. The van der Waals surface area contributed by atoms with E-state index in [1.165, 1.54) is 48.7 Å². The zero-order valence-electron chi connectivity index (χ0n) is 23.1. The van der Waals surface area contributed by atoms with Gasteiger partial charge >= 0.3 is 5.69 Å². The maximum Gasteiger partial charge on any atom is 0.332 e. The summed E-state index contributed by atoms with van der Waals surface area (Å²) < 4.78 is 59.8. The number of sulfonamides is 1. The van der Waals surface area contributed by atoms with Crippen LogP contribution in [0.15, 0.2) is 76.3 Å². The molecule has 0 spiro atoms. The van der Waals surface area contributed by atoms with Gasteiger partial charge in [-0.05, 0) is 67.9 Å². The number of nitrogens with one attached hydrogen (secondary N) is 2. The van der Waals surface area contributed by atoms with E-state index in [1.54, 1.807) is 24.3 Å². The molecular formula is C28H26ClF2N5O6S. The number of amides is 1. The Morgan fingerprint density at radius 2 is 1.65 bits per heavy atom. The first-order chi connectivity index (χ1) is 20.1. The lowest BCUT2D eigenvalue weighted by Gasteiger charge is -2.24. The molecule has 0 radical (unpaired) electrons. The van der Waals surface area contributed by atoms with Crippen molar-refractivity contribution in [3.8, 4) is 11.6 Å². The molecule has 2 heterocycles. The molecule has 4 aromatic rings. The van der Waals surface area contributed by atoms with E-state index in [0.717, 1.165) is 23.0 Å². The number of carbonyl (C=O) groups is 1. The van der Waals surface area contributed by atoms with Crippen molar-refractivity contribution in [2.75, 3.05) is 11.6 Å². The highest BCUT2D eigenvalue weighted by Gasteiger charge is 2.32. The Bertz CT molecular complexity index is 1890. The van der Waals surface area contributed by atoms with E-state index in [-0.39, 0.29) is 18.1 Å². The third-order valence-corrected chi connectivity index (χ3v) is 6.91. The second-order valence-electron chi connectivity index (χ2n) is 10.2. The monoisotopic (exact) mass is 633 g/mol. The molecule has 2 aromatic heterocycles. The molecular weight excluding hydrogens is 608 g/mol. The van der Waals surface area contributed by atoms with Gasteiger partial charge in [-0.15, -0.1) is 0 Å². The summed E-state index contributed by atoms with van der Waals surface area (Å²) in [6, 6.07) is 15.5. The molecule has 4 rings (SSSR count). The number of benzene rings is 2. The highest BCUT2D eigenvalue weighted by Crippen LogP contribution is 2.25. The molecule has 0 atom stereocenters. The lowest BCUT2D eigenvalue weighted by molar-refractivity contribution is -0.128. The largest absolute Gasteiger partial charge is 0.436 e. The van der Waals surface area contributed by atoms with Gasteiger partial charge in [0.05, 0.1) is 18.2 Å². The first-order valence-electron chi connectivity index (χ1n) is 12.6. The summed E-state index contributed by atoms with van der Waals surface area (Å²) in [4.78, 5) is 42.8. The molecule has 0 saturated heterocycles. The number of hydrogen-bond acceptors (Lipinski definition) is 8. The number of halogens is 3. The second-order valence-corrected chi connectivity index (χ2v) is 12.4. The van der Waals surface area contributed by atoms with Crippen LogP contribution < -0.4 is 26.0 Å². The lowest BCUT2D eigenvalue weighted by atomic mass is 9.92. The highest BCUT2D eigenvalue weighted by atomic mass is 35.5. The van der Waals surface area contributed by atoms with Crippen molar-refractivity contribution in [1.82, 2.24) is 18.8 Å². The van der Waals surface area contributed by atoms with Gasteiger partial charge in [-0.1, -0.05) is 23.7 Å². The normalized spacial score (nSPS) is 11.7. The van der Waals surface area contributed by atoms with Crippen molar-refractivity contribution >= 4 is 39.0 Å². The summed E-state index contributed by atoms with van der Waals surface area (Å²) in [6.07, 6.45) is 0.821. The van der Waals surface area contributed by atoms with Crippen LogP contribution in [0.25, 0.3) is 0 Å². The topological polar surface area (TPSA) is 141 Å². The number of ether oxygens (including phenoxy) is 1. The van der Waals surface area contributed by atoms with Gasteiger partial charge in [0, 0.05) is 23.3 Å². The van der Waals surface area contributed by atoms with Gasteiger partial charge < -0.3 is 10.1 Å². The van der Waals surface area contributed by atoms with Crippen molar-refractivity contribution in [1.29, 1.82) is 0 Å². The Kier molecular flexibility index (Phi) is 9.01. The number of carbonyl (C=O) groups excluding carboxylic acids is 1. The first-order valence-corrected chi connectivity index (χ1v) is 14.9. The van der Waals surface area contributed by atoms with Crippen LogP contribution in [-0.4, -0.2) is 34.7 Å². The van der Waals surface area contributed by atoms with E-state index in [1.807, 2.05) is 4.72 Å². The molecule has 0 saturated carbocycles. The molecule has 1 amide bonds. The minimum absolute atomic E-state index is 0.000290. The number of nitrogens with zero attached hydrogens (tertiary/aromatic N) is 3. The van der Waals surface area contributed by atoms with Crippen molar-refractivity contribution in [2.45, 2.75) is 26.9 Å². The Morgan fingerprint density at radius 3 is 2.28 bits per heavy atom. The standard InChI is InChI=1S/C28H26ClF2N5O6S/c1-28(2,26(38)34-43(3,40)41)16-36-24(37)14-23(35(27(36)39)15-17-4-6-18(29)7-5-17)32-19-8-10-20(11-9-19)42-25-21(30)12-13-22(31)33-25/h4-14,32H,15-16H2,1-3H3,(H,34,38). The van der Waals surface area contributed by atoms with Crippen LogP contribution in [0.2, 0.25) is 5.02 Å². The molecule has 43 heavy (non-hydrogen) atoms. The average molecular weight is 634 g/mol. The van der Waals surface area contributed by atoms with Gasteiger partial charge in [-0.2, -0.15) is 9.37 Å². The molecule has 2 aromatic carbocycles. The van der Waals surface area contributed by atoms with Gasteiger partial charge in [0.2, 0.25) is 21.9 Å². The van der Waals surface area contributed by atoms with E-state index < -0.39 is 56.8 Å². The van der Waals surface area contributed by atoms with Crippen LogP contribution in [0, 0.1) is 17.2 Å². The summed E-state index contributed by atoms with van der Waals surface area (Å²) in [5.41, 5.74) is -1.88. The average Bonchev–Trinajstić information content (AvgIpc) is 2.92. The fourth-order valence-corrected chi connectivity index (χ4v) is 4.64. The maximum atomic E-state index is 13.9. The van der Waals surface area contributed by atoms with E-state index in [9.17, 15) is 31.6 Å². The Labute approximate surface area is 249 Å². The van der Waals surface area contributed by atoms with Crippen molar-refractivity contribution in [3.63, 3.8) is 0 Å². The summed E-state index contributed by atoms with van der Waals surface area (Å²) in [5.74, 6) is -2.95. The summed E-state index contributed by atoms with van der Waals surface area (Å²) >= 11 is 6.00. The lowest BCUT2D eigenvalue weighted by Crippen LogP contribution is -2.48. The minimum Gasteiger partial charge on any atom is -0.436 e. The zero-order valence-corrected chi connectivity index (χ0v) is 24.7. The van der Waals surface area contributed by atoms with Crippen LogP contribution in [0.1, 0.15) is 19.4 Å². The minimum atomic E-state index is -3.88. The maximum absolute atomic E-state index is 13.9. The van der Waals surface area contributed by atoms with E-state index in [4.69, 9.17) is 16.3 Å².